The van der Waals surface area contributed by atoms with E-state index >= 15 is 0 Å². The van der Waals surface area contributed by atoms with Crippen molar-refractivity contribution >= 4 is 23.0 Å². The topological polar surface area (TPSA) is 95.9 Å². The van der Waals surface area contributed by atoms with E-state index in [4.69, 9.17) is 4.74 Å². The van der Waals surface area contributed by atoms with Gasteiger partial charge in [0.25, 0.3) is 5.24 Å². The summed E-state index contributed by atoms with van der Waals surface area (Å²) in [5, 5.41) is 23.5. The van der Waals surface area contributed by atoms with Gasteiger partial charge in [-0.1, -0.05) is 48.6 Å². The van der Waals surface area contributed by atoms with Crippen molar-refractivity contribution in [2.75, 3.05) is 5.75 Å². The number of esters is 1. The molecule has 3 N–H and O–H groups in total. The van der Waals surface area contributed by atoms with Gasteiger partial charge in [-0.15, -0.1) is 0 Å². The predicted molar refractivity (Wildman–Crippen MR) is 116 cm³/mol. The van der Waals surface area contributed by atoms with Crippen molar-refractivity contribution in [1.82, 2.24) is 5.32 Å². The summed E-state index contributed by atoms with van der Waals surface area (Å²) in [5.41, 5.74) is 0.920. The lowest BCUT2D eigenvalue weighted by atomic mass is 9.96. The van der Waals surface area contributed by atoms with E-state index in [1.165, 1.54) is 6.08 Å². The minimum absolute atomic E-state index is 0.154. The second kappa shape index (κ2) is 12.2. The summed E-state index contributed by atoms with van der Waals surface area (Å²) < 4.78 is 5.59. The monoisotopic (exact) mass is 423 g/mol. The van der Waals surface area contributed by atoms with Gasteiger partial charge in [0.05, 0.1) is 18.2 Å². The average molecular weight is 424 g/mol. The van der Waals surface area contributed by atoms with E-state index in [1.807, 2.05) is 19.1 Å². The second-order valence-electron chi connectivity index (χ2n) is 8.00. The summed E-state index contributed by atoms with van der Waals surface area (Å²) in [6, 6.07) is -0.363. The molecule has 29 heavy (non-hydrogen) atoms. The van der Waals surface area contributed by atoms with Crippen molar-refractivity contribution in [2.24, 2.45) is 5.92 Å². The number of hydrogen-bond donors (Lipinski definition) is 3. The van der Waals surface area contributed by atoms with Gasteiger partial charge < -0.3 is 20.3 Å². The largest absolute Gasteiger partial charge is 0.459 e. The number of allylic oxidation sites excluding steroid dienone is 5. The summed E-state index contributed by atoms with van der Waals surface area (Å²) in [6.07, 6.45) is 11.1. The smallest absolute Gasteiger partial charge is 0.330 e. The number of carbonyl (C=O) groups excluding carboxylic acids is 2. The summed E-state index contributed by atoms with van der Waals surface area (Å²) in [5.74, 6) is 0.363. The molecule has 0 aromatic rings. The Kier molecular flexibility index (Phi) is 9.97. The molecule has 0 saturated carbocycles. The van der Waals surface area contributed by atoms with Crippen molar-refractivity contribution in [3.8, 4) is 0 Å². The fourth-order valence-corrected chi connectivity index (χ4v) is 4.29. The Labute approximate surface area is 177 Å². The fourth-order valence-electron chi connectivity index (χ4n) is 3.42. The lowest BCUT2D eigenvalue weighted by molar-refractivity contribution is -0.146. The van der Waals surface area contributed by atoms with E-state index in [0.29, 0.717) is 18.1 Å². The third-order valence-electron chi connectivity index (χ3n) is 5.20. The summed E-state index contributed by atoms with van der Waals surface area (Å²) in [7, 11) is 0. The first-order chi connectivity index (χ1) is 13.8. The van der Waals surface area contributed by atoms with E-state index in [2.05, 4.69) is 24.4 Å². The highest BCUT2D eigenvalue weighted by Gasteiger charge is 2.31. The number of nitrogens with one attached hydrogen (secondary N) is 1. The molecule has 0 radical (unpaired) electrons. The molecule has 0 unspecified atom stereocenters. The van der Waals surface area contributed by atoms with Crippen LogP contribution in [-0.4, -0.2) is 51.5 Å². The van der Waals surface area contributed by atoms with E-state index in [0.717, 1.165) is 36.6 Å². The van der Waals surface area contributed by atoms with Crippen LogP contribution in [0.3, 0.4) is 0 Å². The van der Waals surface area contributed by atoms with E-state index < -0.39 is 24.3 Å². The first-order valence-corrected chi connectivity index (χ1v) is 11.3. The zero-order chi connectivity index (χ0) is 21.2. The number of rotatable bonds is 3. The molecule has 0 spiro atoms. The summed E-state index contributed by atoms with van der Waals surface area (Å²) in [4.78, 5) is 23.7. The Bertz CT molecular complexity index is 645. The Morgan fingerprint density at radius 3 is 2.83 bits per heavy atom. The minimum Gasteiger partial charge on any atom is -0.459 e. The van der Waals surface area contributed by atoms with Gasteiger partial charge in [0.15, 0.2) is 0 Å². The Balaban J connectivity index is 2.06. The molecule has 2 heterocycles. The van der Waals surface area contributed by atoms with Crippen molar-refractivity contribution in [2.45, 2.75) is 76.7 Å². The molecule has 7 heteroatoms. The lowest BCUT2D eigenvalue weighted by Gasteiger charge is -2.25. The number of hydrogen-bond acceptors (Lipinski definition) is 6. The molecule has 162 valence electrons. The van der Waals surface area contributed by atoms with Crippen molar-refractivity contribution in [1.29, 1.82) is 0 Å². The van der Waals surface area contributed by atoms with Crippen LogP contribution in [0.15, 0.2) is 36.0 Å². The number of aliphatic hydroxyl groups excluding tert-OH is 2. The van der Waals surface area contributed by atoms with Crippen LogP contribution >= 0.6 is 11.8 Å². The summed E-state index contributed by atoms with van der Waals surface area (Å²) in [6.45, 7) is 3.99. The van der Waals surface area contributed by atoms with Crippen LogP contribution in [0.1, 0.15) is 52.4 Å². The van der Waals surface area contributed by atoms with Crippen LogP contribution in [0, 0.1) is 5.92 Å². The lowest BCUT2D eigenvalue weighted by Crippen LogP contribution is -2.41. The highest BCUT2D eigenvalue weighted by molar-refractivity contribution is 8.13. The van der Waals surface area contributed by atoms with Gasteiger partial charge in [0.1, 0.15) is 6.10 Å². The van der Waals surface area contributed by atoms with E-state index in [9.17, 15) is 19.8 Å². The molecule has 0 aromatic carbocycles. The SMILES string of the molecule is C/C1=C/C(=O)O[C@H](C[C@@H](O)[C@@H]2CSC(=O)N2)C[C@H](O)CC[C@H](C)/C=C/C=C\CC1. The first kappa shape index (κ1) is 23.7. The predicted octanol–water partition coefficient (Wildman–Crippen LogP) is 3.49. The third-order valence-corrected chi connectivity index (χ3v) is 6.10. The molecule has 2 aliphatic heterocycles. The molecule has 2 rings (SSSR count). The molecule has 1 amide bonds. The average Bonchev–Trinajstić information content (AvgIpc) is 3.08. The molecule has 1 fully saturated rings. The molecule has 0 aromatic heterocycles. The van der Waals surface area contributed by atoms with Crippen LogP contribution in [0.2, 0.25) is 0 Å². The molecule has 0 bridgehead atoms. The number of carbonyl (C=O) groups is 2. The van der Waals surface area contributed by atoms with Crippen molar-refractivity contribution in [3.05, 3.63) is 36.0 Å². The van der Waals surface area contributed by atoms with Gasteiger partial charge in [0.2, 0.25) is 0 Å². The van der Waals surface area contributed by atoms with Crippen LogP contribution < -0.4 is 5.32 Å². The highest BCUT2D eigenvalue weighted by atomic mass is 32.2. The van der Waals surface area contributed by atoms with E-state index in [1.54, 1.807) is 0 Å². The fraction of sp³-hybridized carbons (Fsp3) is 0.636. The maximum atomic E-state index is 12.3. The molecule has 1 saturated heterocycles. The number of aliphatic hydroxyl groups is 2. The molecule has 0 aliphatic carbocycles. The van der Waals surface area contributed by atoms with E-state index in [-0.39, 0.29) is 24.1 Å². The Hall–Kier alpha value is -1.57. The van der Waals surface area contributed by atoms with Crippen molar-refractivity contribution in [3.63, 3.8) is 0 Å². The maximum Gasteiger partial charge on any atom is 0.330 e. The van der Waals surface area contributed by atoms with Crippen LogP contribution in [0.5, 0.6) is 0 Å². The Morgan fingerprint density at radius 1 is 1.31 bits per heavy atom. The number of amides is 1. The molecular formula is C22H33NO5S. The Morgan fingerprint density at radius 2 is 2.10 bits per heavy atom. The van der Waals surface area contributed by atoms with Crippen molar-refractivity contribution < 1.29 is 24.5 Å². The molecule has 2 aliphatic rings. The van der Waals surface area contributed by atoms with Gasteiger partial charge in [-0.2, -0.15) is 0 Å². The van der Waals surface area contributed by atoms with Gasteiger partial charge in [-0.25, -0.2) is 4.79 Å². The second-order valence-corrected chi connectivity index (χ2v) is 8.99. The zero-order valence-corrected chi connectivity index (χ0v) is 18.1. The number of ether oxygens (including phenoxy) is 1. The van der Waals surface area contributed by atoms with Crippen LogP contribution in [0.4, 0.5) is 4.79 Å². The summed E-state index contributed by atoms with van der Waals surface area (Å²) >= 11 is 1.14. The van der Waals surface area contributed by atoms with Gasteiger partial charge >= 0.3 is 5.97 Å². The quantitative estimate of drug-likeness (QED) is 0.602. The highest BCUT2D eigenvalue weighted by Crippen LogP contribution is 2.22. The van der Waals surface area contributed by atoms with Gasteiger partial charge in [-0.05, 0) is 38.5 Å². The number of thioether (sulfide) groups is 1. The van der Waals surface area contributed by atoms with Crippen LogP contribution in [-0.2, 0) is 9.53 Å². The van der Waals surface area contributed by atoms with Gasteiger partial charge in [0, 0.05) is 24.7 Å². The zero-order valence-electron chi connectivity index (χ0n) is 17.3. The molecule has 6 nitrogen and oxygen atoms in total. The van der Waals surface area contributed by atoms with Crippen LogP contribution in [0.25, 0.3) is 0 Å². The molecule has 5 atom stereocenters. The minimum atomic E-state index is -0.832. The molecular weight excluding hydrogens is 390 g/mol. The maximum absolute atomic E-state index is 12.3. The standard InChI is InChI=1S/C22H33NO5S/c1-15-7-5-3-4-6-8-16(2)11-21(26)28-18(12-17(24)10-9-15)13-20(25)19-14-29-22(27)23-19/h3-5,7,11,15,17-20,24-25H,6,8-10,12-14H2,1-2H3,(H,23,27)/b4-3-,7-5+,16-11-/t15-,17-,18+,19+,20-/m1/s1. The normalized spacial score (nSPS) is 35.1. The third kappa shape index (κ3) is 9.19. The number of cyclic esters (lactones) is 1. The van der Waals surface area contributed by atoms with Gasteiger partial charge in [-0.3, -0.25) is 4.79 Å². The first-order valence-electron chi connectivity index (χ1n) is 10.3.